The van der Waals surface area contributed by atoms with Gasteiger partial charge in [0.1, 0.15) is 0 Å². The Hall–Kier alpha value is -4.08. The molecule has 0 amide bonds. The number of aromatic nitrogens is 3. The zero-order chi connectivity index (χ0) is 20.8. The summed E-state index contributed by atoms with van der Waals surface area (Å²) in [5.74, 6) is 1.27. The van der Waals surface area contributed by atoms with Crippen LogP contribution in [0.3, 0.4) is 0 Å². The summed E-state index contributed by atoms with van der Waals surface area (Å²) in [4.78, 5) is 25.9. The van der Waals surface area contributed by atoms with Crippen LogP contribution < -0.4 is 15.6 Å². The van der Waals surface area contributed by atoms with Crippen LogP contribution in [0, 0.1) is 10.1 Å². The van der Waals surface area contributed by atoms with E-state index in [-0.39, 0.29) is 11.6 Å². The summed E-state index contributed by atoms with van der Waals surface area (Å²) < 4.78 is 0. The van der Waals surface area contributed by atoms with Crippen molar-refractivity contribution in [3.05, 3.63) is 70.3 Å². The van der Waals surface area contributed by atoms with Crippen molar-refractivity contribution in [2.24, 2.45) is 5.10 Å². The maximum atomic E-state index is 10.9. The maximum Gasteiger partial charge on any atom is 0.270 e. The Morgan fingerprint density at radius 2 is 1.77 bits per heavy atom. The van der Waals surface area contributed by atoms with Crippen molar-refractivity contribution < 1.29 is 4.92 Å². The van der Waals surface area contributed by atoms with E-state index in [0.29, 0.717) is 17.5 Å². The lowest BCUT2D eigenvalue weighted by molar-refractivity contribution is -0.384. The SMILES string of the molecule is O=[N+]([O-])c1cccc(/C=N/Nc2nc(Nc3ccccc3)nc(N3CCCC3)n2)c1. The van der Waals surface area contributed by atoms with Gasteiger partial charge in [-0.1, -0.05) is 30.3 Å². The van der Waals surface area contributed by atoms with E-state index in [1.807, 2.05) is 30.3 Å². The molecular formula is C20H20N8O2. The number of rotatable bonds is 7. The zero-order valence-electron chi connectivity index (χ0n) is 16.1. The Balaban J connectivity index is 1.55. The molecule has 4 rings (SSSR count). The molecular weight excluding hydrogens is 384 g/mol. The van der Waals surface area contributed by atoms with E-state index < -0.39 is 4.92 Å². The Bertz CT molecular complexity index is 1050. The highest BCUT2D eigenvalue weighted by molar-refractivity contribution is 5.81. The Morgan fingerprint density at radius 3 is 2.53 bits per heavy atom. The Morgan fingerprint density at radius 1 is 1.00 bits per heavy atom. The molecule has 0 spiro atoms. The number of nitro benzene ring substituents is 1. The summed E-state index contributed by atoms with van der Waals surface area (Å²) in [6.45, 7) is 1.79. The third-order valence-corrected chi connectivity index (χ3v) is 4.50. The molecule has 30 heavy (non-hydrogen) atoms. The third-order valence-electron chi connectivity index (χ3n) is 4.50. The molecule has 2 heterocycles. The van der Waals surface area contributed by atoms with Crippen molar-refractivity contribution in [2.45, 2.75) is 12.8 Å². The predicted octanol–water partition coefficient (Wildman–Crippen LogP) is 3.57. The number of non-ortho nitro benzene ring substituents is 1. The minimum Gasteiger partial charge on any atom is -0.341 e. The molecule has 1 aromatic heterocycles. The molecule has 0 saturated carbocycles. The minimum atomic E-state index is -0.444. The average molecular weight is 404 g/mol. The lowest BCUT2D eigenvalue weighted by Crippen LogP contribution is -2.21. The van der Waals surface area contributed by atoms with Crippen LogP contribution in [0.1, 0.15) is 18.4 Å². The van der Waals surface area contributed by atoms with Crippen LogP contribution in [0.2, 0.25) is 0 Å². The molecule has 3 aromatic rings. The molecule has 10 nitrogen and oxygen atoms in total. The molecule has 1 aliphatic rings. The first-order chi connectivity index (χ1) is 14.7. The standard InChI is InChI=1S/C20H20N8O2/c29-28(30)17-10-6-7-15(13-17)14-21-26-19-23-18(22-16-8-2-1-3-9-16)24-20(25-19)27-11-4-5-12-27/h1-3,6-10,13-14H,4-5,11-12H2,(H2,22,23,24,25,26)/b21-14+. The van der Waals surface area contributed by atoms with E-state index in [0.717, 1.165) is 31.6 Å². The lowest BCUT2D eigenvalue weighted by Gasteiger charge is -2.16. The number of hydrogen-bond acceptors (Lipinski definition) is 9. The number of hydrogen-bond donors (Lipinski definition) is 2. The summed E-state index contributed by atoms with van der Waals surface area (Å²) in [5.41, 5.74) is 4.26. The van der Waals surface area contributed by atoms with Gasteiger partial charge >= 0.3 is 0 Å². The van der Waals surface area contributed by atoms with Gasteiger partial charge in [0.25, 0.3) is 5.69 Å². The van der Waals surface area contributed by atoms with Crippen LogP contribution in [0.4, 0.5) is 29.2 Å². The van der Waals surface area contributed by atoms with Gasteiger partial charge in [0, 0.05) is 36.5 Å². The van der Waals surface area contributed by atoms with Gasteiger partial charge in [-0.05, 0) is 25.0 Å². The zero-order valence-corrected chi connectivity index (χ0v) is 16.1. The van der Waals surface area contributed by atoms with Gasteiger partial charge in [-0.15, -0.1) is 0 Å². The Labute approximate surface area is 172 Å². The molecule has 152 valence electrons. The molecule has 2 aromatic carbocycles. The fraction of sp³-hybridized carbons (Fsp3) is 0.200. The molecule has 0 unspecified atom stereocenters. The third kappa shape index (κ3) is 4.85. The van der Waals surface area contributed by atoms with Gasteiger partial charge in [0.05, 0.1) is 11.1 Å². The maximum absolute atomic E-state index is 10.9. The van der Waals surface area contributed by atoms with E-state index in [1.165, 1.54) is 18.3 Å². The first-order valence-electron chi connectivity index (χ1n) is 9.54. The fourth-order valence-electron chi connectivity index (χ4n) is 3.06. The van der Waals surface area contributed by atoms with Crippen LogP contribution in [-0.4, -0.2) is 39.2 Å². The van der Waals surface area contributed by atoms with Crippen LogP contribution in [0.25, 0.3) is 0 Å². The van der Waals surface area contributed by atoms with Crippen LogP contribution in [0.5, 0.6) is 0 Å². The molecule has 0 atom stereocenters. The number of nitrogens with zero attached hydrogens (tertiary/aromatic N) is 6. The van der Waals surface area contributed by atoms with Gasteiger partial charge in [-0.25, -0.2) is 5.43 Å². The van der Waals surface area contributed by atoms with E-state index in [1.54, 1.807) is 12.1 Å². The Kier molecular flexibility index (Phi) is 5.74. The van der Waals surface area contributed by atoms with E-state index in [9.17, 15) is 10.1 Å². The number of hydrazone groups is 1. The van der Waals surface area contributed by atoms with Crippen LogP contribution >= 0.6 is 0 Å². The number of nitro groups is 1. The molecule has 1 aliphatic heterocycles. The van der Waals surface area contributed by atoms with Gasteiger partial charge in [-0.3, -0.25) is 10.1 Å². The number of anilines is 4. The second-order valence-electron chi connectivity index (χ2n) is 6.69. The monoisotopic (exact) mass is 404 g/mol. The van der Waals surface area contributed by atoms with E-state index in [4.69, 9.17) is 0 Å². The molecule has 0 bridgehead atoms. The molecule has 10 heteroatoms. The van der Waals surface area contributed by atoms with Crippen molar-refractivity contribution in [3.8, 4) is 0 Å². The first-order valence-corrected chi connectivity index (χ1v) is 9.54. The second-order valence-corrected chi connectivity index (χ2v) is 6.69. The number of nitrogens with one attached hydrogen (secondary N) is 2. The van der Waals surface area contributed by atoms with Gasteiger partial charge in [-0.2, -0.15) is 20.1 Å². The molecule has 2 N–H and O–H groups in total. The van der Waals surface area contributed by atoms with Gasteiger partial charge < -0.3 is 10.2 Å². The average Bonchev–Trinajstić information content (AvgIpc) is 3.30. The normalized spacial score (nSPS) is 13.5. The van der Waals surface area contributed by atoms with Crippen molar-refractivity contribution in [1.82, 2.24) is 15.0 Å². The highest BCUT2D eigenvalue weighted by atomic mass is 16.6. The molecule has 0 radical (unpaired) electrons. The quantitative estimate of drug-likeness (QED) is 0.348. The fourth-order valence-corrected chi connectivity index (χ4v) is 3.06. The van der Waals surface area contributed by atoms with E-state index in [2.05, 4.69) is 35.7 Å². The van der Waals surface area contributed by atoms with Crippen LogP contribution in [-0.2, 0) is 0 Å². The smallest absolute Gasteiger partial charge is 0.270 e. The number of para-hydroxylation sites is 1. The summed E-state index contributed by atoms with van der Waals surface area (Å²) in [7, 11) is 0. The predicted molar refractivity (Wildman–Crippen MR) is 115 cm³/mol. The highest BCUT2D eigenvalue weighted by Crippen LogP contribution is 2.21. The van der Waals surface area contributed by atoms with Crippen molar-refractivity contribution in [2.75, 3.05) is 28.7 Å². The van der Waals surface area contributed by atoms with Crippen molar-refractivity contribution in [3.63, 3.8) is 0 Å². The summed E-state index contributed by atoms with van der Waals surface area (Å²) in [6.07, 6.45) is 3.68. The summed E-state index contributed by atoms with van der Waals surface area (Å²) in [6, 6.07) is 15.8. The minimum absolute atomic E-state index is 0.00442. The van der Waals surface area contributed by atoms with Gasteiger partial charge in [0.2, 0.25) is 17.8 Å². The van der Waals surface area contributed by atoms with Crippen LogP contribution in [0.15, 0.2) is 59.7 Å². The largest absolute Gasteiger partial charge is 0.341 e. The topological polar surface area (TPSA) is 121 Å². The van der Waals surface area contributed by atoms with Crippen molar-refractivity contribution in [1.29, 1.82) is 0 Å². The summed E-state index contributed by atoms with van der Waals surface area (Å²) in [5, 5.41) is 18.2. The first kappa shape index (κ1) is 19.2. The lowest BCUT2D eigenvalue weighted by atomic mass is 10.2. The van der Waals surface area contributed by atoms with E-state index >= 15 is 0 Å². The van der Waals surface area contributed by atoms with Crippen molar-refractivity contribution >= 4 is 35.4 Å². The molecule has 1 fully saturated rings. The second kappa shape index (κ2) is 8.95. The molecule has 1 saturated heterocycles. The number of benzene rings is 2. The molecule has 0 aliphatic carbocycles. The highest BCUT2D eigenvalue weighted by Gasteiger charge is 2.17. The van der Waals surface area contributed by atoms with Gasteiger partial charge in [0.15, 0.2) is 0 Å². The summed E-state index contributed by atoms with van der Waals surface area (Å²) >= 11 is 0.